The molecule has 3 aromatic rings. The van der Waals surface area contributed by atoms with Gasteiger partial charge in [-0.1, -0.05) is 12.1 Å². The second-order valence-corrected chi connectivity index (χ2v) is 8.11. The molecule has 4 rings (SSSR count). The van der Waals surface area contributed by atoms with E-state index in [0.29, 0.717) is 13.1 Å². The lowest BCUT2D eigenvalue weighted by Crippen LogP contribution is -2.36. The van der Waals surface area contributed by atoms with Gasteiger partial charge in [0.2, 0.25) is 0 Å². The molecule has 1 fully saturated rings. The van der Waals surface area contributed by atoms with Crippen molar-refractivity contribution in [2.75, 3.05) is 13.2 Å². The van der Waals surface area contributed by atoms with Gasteiger partial charge in [-0.3, -0.25) is 4.40 Å². The predicted molar refractivity (Wildman–Crippen MR) is 130 cm³/mol. The van der Waals surface area contributed by atoms with Gasteiger partial charge in [0.15, 0.2) is 10.9 Å². The quantitative estimate of drug-likeness (QED) is 0.261. The number of halogens is 1. The number of rotatable bonds is 8. The number of ether oxygens (including phenoxy) is 1. The first-order valence-electron chi connectivity index (χ1n) is 9.87. The normalized spacial score (nSPS) is 13.9. The summed E-state index contributed by atoms with van der Waals surface area (Å²) in [6.07, 6.45) is 6.65. The first kappa shape index (κ1) is 21.9. The first-order valence-corrected chi connectivity index (χ1v) is 10.7. The van der Waals surface area contributed by atoms with Crippen LogP contribution in [0.5, 0.6) is 5.75 Å². The fourth-order valence-corrected chi connectivity index (χ4v) is 3.68. The van der Waals surface area contributed by atoms with Crippen molar-refractivity contribution in [2.24, 2.45) is 10.9 Å². The van der Waals surface area contributed by atoms with Gasteiger partial charge >= 0.3 is 0 Å². The van der Waals surface area contributed by atoms with Crippen molar-refractivity contribution >= 4 is 46.2 Å². The van der Waals surface area contributed by atoms with Crippen molar-refractivity contribution in [1.82, 2.24) is 20.0 Å². The summed E-state index contributed by atoms with van der Waals surface area (Å²) in [5, 5.41) is 8.72. The van der Waals surface area contributed by atoms with Crippen molar-refractivity contribution < 1.29 is 4.74 Å². The number of aryl methyl sites for hydroxylation is 1. The molecule has 2 N–H and O–H groups in total. The van der Waals surface area contributed by atoms with Crippen LogP contribution in [0.1, 0.15) is 36.6 Å². The van der Waals surface area contributed by atoms with Gasteiger partial charge < -0.3 is 15.4 Å². The molecule has 0 radical (unpaired) electrons. The maximum absolute atomic E-state index is 6.07. The third-order valence-electron chi connectivity index (χ3n) is 4.73. The number of benzene rings is 1. The van der Waals surface area contributed by atoms with Crippen LogP contribution in [0.3, 0.4) is 0 Å². The number of hydrogen-bond acceptors (Lipinski definition) is 4. The monoisotopic (exact) mass is 525 g/mol. The second-order valence-electron chi connectivity index (χ2n) is 7.24. The zero-order valence-electron chi connectivity index (χ0n) is 16.9. The average molecular weight is 525 g/mol. The summed E-state index contributed by atoms with van der Waals surface area (Å²) in [4.78, 5) is 10.4. The van der Waals surface area contributed by atoms with E-state index in [1.807, 2.05) is 22.2 Å². The van der Waals surface area contributed by atoms with E-state index < -0.39 is 0 Å². The lowest BCUT2D eigenvalue weighted by Gasteiger charge is -2.13. The molecule has 6 nitrogen and oxygen atoms in total. The predicted octanol–water partition coefficient (Wildman–Crippen LogP) is 4.37. The van der Waals surface area contributed by atoms with Gasteiger partial charge in [0.05, 0.1) is 25.4 Å². The topological polar surface area (TPSA) is 63.0 Å². The lowest BCUT2D eigenvalue weighted by molar-refractivity contribution is 0.296. The minimum Gasteiger partial charge on any atom is -0.493 e. The van der Waals surface area contributed by atoms with Crippen molar-refractivity contribution in [3.05, 3.63) is 52.8 Å². The first-order chi connectivity index (χ1) is 13.7. The van der Waals surface area contributed by atoms with Gasteiger partial charge in [-0.05, 0) is 44.2 Å². The molecule has 1 aliphatic rings. The van der Waals surface area contributed by atoms with Crippen molar-refractivity contribution in [3.8, 4) is 5.75 Å². The number of nitrogens with one attached hydrogen (secondary N) is 2. The van der Waals surface area contributed by atoms with Crippen molar-refractivity contribution in [2.45, 2.75) is 39.8 Å². The minimum atomic E-state index is 0. The fourth-order valence-electron chi connectivity index (χ4n) is 2.96. The lowest BCUT2D eigenvalue weighted by atomic mass is 10.1. The van der Waals surface area contributed by atoms with Crippen LogP contribution in [0.2, 0.25) is 0 Å². The van der Waals surface area contributed by atoms with E-state index >= 15 is 0 Å². The van der Waals surface area contributed by atoms with Crippen LogP contribution in [0, 0.1) is 12.8 Å². The maximum Gasteiger partial charge on any atom is 0.193 e. The summed E-state index contributed by atoms with van der Waals surface area (Å²) in [7, 11) is 0. The number of guanidine groups is 1. The Morgan fingerprint density at radius 2 is 2.21 bits per heavy atom. The third kappa shape index (κ3) is 6.08. The summed E-state index contributed by atoms with van der Waals surface area (Å²) in [6, 6.07) is 6.35. The molecule has 0 aliphatic heterocycles. The Hall–Kier alpha value is -1.81. The zero-order chi connectivity index (χ0) is 19.3. The molecule has 2 heterocycles. The van der Waals surface area contributed by atoms with Gasteiger partial charge in [-0.15, -0.1) is 35.3 Å². The van der Waals surface area contributed by atoms with E-state index in [9.17, 15) is 0 Å². The summed E-state index contributed by atoms with van der Waals surface area (Å²) in [5.74, 6) is 2.48. The highest BCUT2D eigenvalue weighted by molar-refractivity contribution is 14.0. The number of aromatic nitrogens is 2. The van der Waals surface area contributed by atoms with Gasteiger partial charge in [-0.25, -0.2) is 9.98 Å². The molecule has 2 aromatic heterocycles. The third-order valence-corrected chi connectivity index (χ3v) is 5.50. The summed E-state index contributed by atoms with van der Waals surface area (Å²) < 4.78 is 8.11. The number of hydrogen-bond donors (Lipinski definition) is 2. The summed E-state index contributed by atoms with van der Waals surface area (Å²) in [5.41, 5.74) is 3.33. The molecule has 0 unspecified atom stereocenters. The van der Waals surface area contributed by atoms with Gasteiger partial charge in [-0.2, -0.15) is 0 Å². The van der Waals surface area contributed by atoms with Gasteiger partial charge in [0.1, 0.15) is 5.75 Å². The molecule has 156 valence electrons. The average Bonchev–Trinajstić information content (AvgIpc) is 3.28. The largest absolute Gasteiger partial charge is 0.493 e. The SMILES string of the molecule is CCNC(=NCc1ccc(C)cc1OCC1CC1)NCc1cn2ccsc2n1.I. The maximum atomic E-state index is 6.07. The fraction of sp³-hybridized carbons (Fsp3) is 0.429. The van der Waals surface area contributed by atoms with E-state index in [1.165, 1.54) is 18.4 Å². The van der Waals surface area contributed by atoms with E-state index in [-0.39, 0.29) is 24.0 Å². The number of aliphatic imine (C=N–C) groups is 1. The Balaban J connectivity index is 0.00000240. The number of nitrogens with zero attached hydrogens (tertiary/aromatic N) is 3. The molecule has 1 aromatic carbocycles. The zero-order valence-corrected chi connectivity index (χ0v) is 20.0. The Bertz CT molecular complexity index is 935. The highest BCUT2D eigenvalue weighted by atomic mass is 127. The standard InChI is InChI=1S/C21H27N5OS.HI/c1-3-22-20(24-12-18-13-26-8-9-28-21(26)25-18)23-11-17-7-4-15(2)10-19(17)27-14-16-5-6-16;/h4,7-10,13,16H,3,5-6,11-12,14H2,1-2H3,(H2,22,23,24);1H. The Kier molecular flexibility index (Phi) is 7.77. The molecule has 8 heteroatoms. The molecular weight excluding hydrogens is 497 g/mol. The highest BCUT2D eigenvalue weighted by Crippen LogP contribution is 2.31. The van der Waals surface area contributed by atoms with Crippen LogP contribution < -0.4 is 15.4 Å². The Morgan fingerprint density at radius 1 is 1.34 bits per heavy atom. The highest BCUT2D eigenvalue weighted by Gasteiger charge is 2.22. The van der Waals surface area contributed by atoms with Crippen LogP contribution in [-0.4, -0.2) is 28.5 Å². The van der Waals surface area contributed by atoms with Crippen LogP contribution in [0.4, 0.5) is 0 Å². The van der Waals surface area contributed by atoms with Crippen molar-refractivity contribution in [3.63, 3.8) is 0 Å². The minimum absolute atomic E-state index is 0. The Labute approximate surface area is 192 Å². The molecule has 1 aliphatic carbocycles. The summed E-state index contributed by atoms with van der Waals surface area (Å²) in [6.45, 7) is 7.00. The molecule has 0 atom stereocenters. The van der Waals surface area contributed by atoms with Crippen molar-refractivity contribution in [1.29, 1.82) is 0 Å². The van der Waals surface area contributed by atoms with E-state index in [0.717, 1.165) is 47.0 Å². The molecule has 1 saturated carbocycles. The molecule has 0 bridgehead atoms. The number of imidazole rings is 1. The Morgan fingerprint density at radius 3 is 2.97 bits per heavy atom. The molecular formula is C21H28IN5OS. The van der Waals surface area contributed by atoms with E-state index in [1.54, 1.807) is 11.3 Å². The van der Waals surface area contributed by atoms with Gasteiger partial charge in [0.25, 0.3) is 0 Å². The van der Waals surface area contributed by atoms with Gasteiger partial charge in [0, 0.05) is 29.9 Å². The molecule has 0 spiro atoms. The molecule has 0 amide bonds. The van der Waals surface area contributed by atoms with Crippen LogP contribution in [0.25, 0.3) is 4.96 Å². The smallest absolute Gasteiger partial charge is 0.193 e. The van der Waals surface area contributed by atoms with E-state index in [2.05, 4.69) is 47.7 Å². The van der Waals surface area contributed by atoms with Crippen LogP contribution in [0.15, 0.2) is 41.0 Å². The van der Waals surface area contributed by atoms with Crippen LogP contribution in [-0.2, 0) is 13.1 Å². The van der Waals surface area contributed by atoms with Crippen LogP contribution >= 0.6 is 35.3 Å². The molecule has 0 saturated heterocycles. The summed E-state index contributed by atoms with van der Waals surface area (Å²) >= 11 is 1.64. The number of fused-ring (bicyclic) bond motifs is 1. The number of thiazole rings is 1. The van der Waals surface area contributed by atoms with E-state index in [4.69, 9.17) is 9.73 Å². The second kappa shape index (κ2) is 10.3. The molecule has 29 heavy (non-hydrogen) atoms.